The summed E-state index contributed by atoms with van der Waals surface area (Å²) in [5.74, 6) is -1.10. The Balaban J connectivity index is 1.48. The van der Waals surface area contributed by atoms with Gasteiger partial charge in [0.1, 0.15) is 19.2 Å². The quantitative estimate of drug-likeness (QED) is 0.414. The molecule has 0 saturated carbocycles. The molecule has 0 bridgehead atoms. The lowest BCUT2D eigenvalue weighted by Crippen LogP contribution is -2.45. The maximum atomic E-state index is 13.3. The van der Waals surface area contributed by atoms with E-state index >= 15 is 0 Å². The lowest BCUT2D eigenvalue weighted by atomic mass is 9.98. The number of hydrogen-bond acceptors (Lipinski definition) is 6. The van der Waals surface area contributed by atoms with Gasteiger partial charge in [-0.05, 0) is 40.0 Å². The Morgan fingerprint density at radius 2 is 1.71 bits per heavy atom. The van der Waals surface area contributed by atoms with E-state index in [0.717, 1.165) is 22.3 Å². The minimum Gasteiger partial charge on any atom is -0.480 e. The number of alkyl carbamates (subject to hydrolysis) is 1. The molecule has 2 aromatic carbocycles. The standard InChI is InChI=1S/C26H26N2O5S2/c1-34-14-12-28(15-23(29)30)25(31)24(22-11-6-13-35-22)27-26(32)33-16-21-19-9-4-2-7-17(19)18-8-3-5-10-20(18)21/h2-11,13,21,24H,12,14-16H2,1H3,(H,27,32)(H,29,30). The second kappa shape index (κ2) is 11.4. The number of ether oxygens (including phenoxy) is 1. The van der Waals surface area contributed by atoms with E-state index in [4.69, 9.17) is 4.74 Å². The number of hydrogen-bond donors (Lipinski definition) is 2. The van der Waals surface area contributed by atoms with Gasteiger partial charge in [-0.15, -0.1) is 11.3 Å². The molecule has 2 N–H and O–H groups in total. The molecule has 1 aromatic heterocycles. The number of rotatable bonds is 10. The number of fused-ring (bicyclic) bond motifs is 3. The topological polar surface area (TPSA) is 95.9 Å². The number of nitrogens with zero attached hydrogens (tertiary/aromatic N) is 1. The smallest absolute Gasteiger partial charge is 0.408 e. The third-order valence-corrected chi connectivity index (χ3v) is 7.41. The SMILES string of the molecule is CSCCN(CC(=O)O)C(=O)C(NC(=O)OCC1c2ccccc2-c2ccccc21)c1cccs1. The summed E-state index contributed by atoms with van der Waals surface area (Å²) in [5, 5.41) is 13.8. The number of nitrogens with one attached hydrogen (secondary N) is 1. The first-order valence-electron chi connectivity index (χ1n) is 11.1. The zero-order valence-electron chi connectivity index (χ0n) is 19.2. The Labute approximate surface area is 212 Å². The van der Waals surface area contributed by atoms with Gasteiger partial charge in [-0.25, -0.2) is 4.79 Å². The third kappa shape index (κ3) is 5.68. The maximum Gasteiger partial charge on any atom is 0.408 e. The van der Waals surface area contributed by atoms with E-state index < -0.39 is 30.6 Å². The van der Waals surface area contributed by atoms with Gasteiger partial charge < -0.3 is 20.1 Å². The van der Waals surface area contributed by atoms with E-state index in [1.807, 2.05) is 42.7 Å². The molecule has 1 heterocycles. The summed E-state index contributed by atoms with van der Waals surface area (Å²) in [6.07, 6.45) is 1.16. The fraction of sp³-hybridized carbons (Fsp3) is 0.269. The zero-order valence-corrected chi connectivity index (χ0v) is 20.8. The van der Waals surface area contributed by atoms with Crippen molar-refractivity contribution in [2.24, 2.45) is 0 Å². The first-order chi connectivity index (χ1) is 17.0. The number of aliphatic carboxylic acids is 1. The molecule has 0 aliphatic heterocycles. The van der Waals surface area contributed by atoms with E-state index in [9.17, 15) is 19.5 Å². The molecule has 1 atom stereocenters. The predicted molar refractivity (Wildman–Crippen MR) is 138 cm³/mol. The number of carboxylic acid groups (broad SMARTS) is 1. The Morgan fingerprint density at radius 1 is 1.06 bits per heavy atom. The van der Waals surface area contributed by atoms with Gasteiger partial charge in [0.15, 0.2) is 0 Å². The maximum absolute atomic E-state index is 13.3. The number of thioether (sulfide) groups is 1. The molecule has 7 nitrogen and oxygen atoms in total. The number of carbonyl (C=O) groups excluding carboxylic acids is 2. The van der Waals surface area contributed by atoms with Gasteiger partial charge >= 0.3 is 12.1 Å². The molecule has 1 aliphatic carbocycles. The Kier molecular flexibility index (Phi) is 8.09. The van der Waals surface area contributed by atoms with Gasteiger partial charge in [0.2, 0.25) is 0 Å². The lowest BCUT2D eigenvalue weighted by molar-refractivity contribution is -0.145. The minimum atomic E-state index is -1.11. The summed E-state index contributed by atoms with van der Waals surface area (Å²) in [7, 11) is 0. The highest BCUT2D eigenvalue weighted by Crippen LogP contribution is 2.44. The van der Waals surface area contributed by atoms with Gasteiger partial charge in [-0.3, -0.25) is 9.59 Å². The number of carboxylic acids is 1. The van der Waals surface area contributed by atoms with Gasteiger partial charge in [-0.2, -0.15) is 11.8 Å². The first kappa shape index (κ1) is 24.8. The molecule has 1 aliphatic rings. The van der Waals surface area contributed by atoms with Crippen molar-refractivity contribution in [3.8, 4) is 11.1 Å². The van der Waals surface area contributed by atoms with Crippen LogP contribution in [0.3, 0.4) is 0 Å². The van der Waals surface area contributed by atoms with Crippen LogP contribution in [0.5, 0.6) is 0 Å². The fourth-order valence-corrected chi connectivity index (χ4v) is 5.45. The van der Waals surface area contributed by atoms with Gasteiger partial charge in [0.05, 0.1) is 0 Å². The van der Waals surface area contributed by atoms with Crippen LogP contribution in [0, 0.1) is 0 Å². The molecule has 182 valence electrons. The molecule has 2 amide bonds. The van der Waals surface area contributed by atoms with Crippen LogP contribution in [-0.4, -0.2) is 59.7 Å². The molecule has 0 saturated heterocycles. The first-order valence-corrected chi connectivity index (χ1v) is 13.4. The van der Waals surface area contributed by atoms with Gasteiger partial charge in [0.25, 0.3) is 5.91 Å². The highest BCUT2D eigenvalue weighted by Gasteiger charge is 2.32. The van der Waals surface area contributed by atoms with Crippen LogP contribution in [0.1, 0.15) is 28.0 Å². The minimum absolute atomic E-state index is 0.103. The lowest BCUT2D eigenvalue weighted by Gasteiger charge is -2.26. The predicted octanol–water partition coefficient (Wildman–Crippen LogP) is 4.60. The van der Waals surface area contributed by atoms with Gasteiger partial charge in [-0.1, -0.05) is 54.6 Å². The molecule has 1 unspecified atom stereocenters. The largest absolute Gasteiger partial charge is 0.480 e. The molecule has 0 spiro atoms. The summed E-state index contributed by atoms with van der Waals surface area (Å²) in [6, 6.07) is 18.6. The molecule has 9 heteroatoms. The average molecular weight is 511 g/mol. The number of benzene rings is 2. The summed E-state index contributed by atoms with van der Waals surface area (Å²) in [6.45, 7) is -0.0509. The van der Waals surface area contributed by atoms with Crippen LogP contribution in [0.2, 0.25) is 0 Å². The van der Waals surface area contributed by atoms with Crippen molar-refractivity contribution in [1.29, 1.82) is 0 Å². The second-order valence-electron chi connectivity index (χ2n) is 8.06. The van der Waals surface area contributed by atoms with Crippen LogP contribution < -0.4 is 5.32 Å². The molecule has 35 heavy (non-hydrogen) atoms. The summed E-state index contributed by atoms with van der Waals surface area (Å²) in [5.41, 5.74) is 4.44. The van der Waals surface area contributed by atoms with Crippen molar-refractivity contribution in [3.63, 3.8) is 0 Å². The third-order valence-electron chi connectivity index (χ3n) is 5.88. The van der Waals surface area contributed by atoms with Crippen LogP contribution in [0.15, 0.2) is 66.0 Å². The van der Waals surface area contributed by atoms with Crippen LogP contribution in [0.25, 0.3) is 11.1 Å². The molecule has 0 fully saturated rings. The van der Waals surface area contributed by atoms with E-state index in [1.165, 1.54) is 28.0 Å². The van der Waals surface area contributed by atoms with Crippen LogP contribution >= 0.6 is 23.1 Å². The Hall–Kier alpha value is -3.30. The molecular formula is C26H26N2O5S2. The number of thiophene rings is 1. The van der Waals surface area contributed by atoms with Crippen molar-refractivity contribution < 1.29 is 24.2 Å². The summed E-state index contributed by atoms with van der Waals surface area (Å²) in [4.78, 5) is 39.4. The van der Waals surface area contributed by atoms with Crippen molar-refractivity contribution in [3.05, 3.63) is 82.0 Å². The average Bonchev–Trinajstić information content (AvgIpc) is 3.50. The fourth-order valence-electron chi connectivity index (χ4n) is 4.28. The van der Waals surface area contributed by atoms with E-state index in [1.54, 1.807) is 17.5 Å². The molecule has 0 radical (unpaired) electrons. The van der Waals surface area contributed by atoms with Crippen molar-refractivity contribution in [1.82, 2.24) is 10.2 Å². The highest BCUT2D eigenvalue weighted by molar-refractivity contribution is 7.98. The van der Waals surface area contributed by atoms with E-state index in [2.05, 4.69) is 17.4 Å². The van der Waals surface area contributed by atoms with E-state index in [0.29, 0.717) is 10.6 Å². The summed E-state index contributed by atoms with van der Waals surface area (Å²) < 4.78 is 5.62. The summed E-state index contributed by atoms with van der Waals surface area (Å²) >= 11 is 2.83. The molecular weight excluding hydrogens is 484 g/mol. The zero-order chi connectivity index (χ0) is 24.8. The van der Waals surface area contributed by atoms with Crippen molar-refractivity contribution in [2.45, 2.75) is 12.0 Å². The van der Waals surface area contributed by atoms with Crippen molar-refractivity contribution in [2.75, 3.05) is 31.7 Å². The number of amides is 2. The van der Waals surface area contributed by atoms with Crippen LogP contribution in [0.4, 0.5) is 4.79 Å². The number of carbonyl (C=O) groups is 3. The van der Waals surface area contributed by atoms with Gasteiger partial charge in [0, 0.05) is 23.1 Å². The normalized spacial score (nSPS) is 12.9. The Morgan fingerprint density at radius 3 is 2.29 bits per heavy atom. The Bertz CT molecular complexity index is 1150. The second-order valence-corrected chi connectivity index (χ2v) is 10.0. The van der Waals surface area contributed by atoms with Crippen LogP contribution in [-0.2, 0) is 14.3 Å². The molecule has 4 rings (SSSR count). The molecule has 3 aromatic rings. The highest BCUT2D eigenvalue weighted by atomic mass is 32.2. The van der Waals surface area contributed by atoms with Crippen molar-refractivity contribution >= 4 is 41.1 Å². The monoisotopic (exact) mass is 510 g/mol. The van der Waals surface area contributed by atoms with E-state index in [-0.39, 0.29) is 19.1 Å².